The lowest BCUT2D eigenvalue weighted by Gasteiger charge is -2.35. The van der Waals surface area contributed by atoms with Crippen LogP contribution in [0.4, 0.5) is 4.79 Å². The van der Waals surface area contributed by atoms with Gasteiger partial charge in [-0.15, -0.1) is 0 Å². The van der Waals surface area contributed by atoms with Gasteiger partial charge in [0.05, 0.1) is 7.11 Å². The minimum Gasteiger partial charge on any atom is -0.452 e. The van der Waals surface area contributed by atoms with Crippen molar-refractivity contribution in [3.8, 4) is 0 Å². The van der Waals surface area contributed by atoms with E-state index in [4.69, 9.17) is 0 Å². The molecule has 0 aromatic rings. The van der Waals surface area contributed by atoms with Crippen LogP contribution >= 0.6 is 0 Å². The highest BCUT2D eigenvalue weighted by atomic mass is 16.5. The zero-order valence-electron chi connectivity index (χ0n) is 9.87. The Hall–Kier alpha value is -1.06. The Morgan fingerprint density at radius 1 is 1.31 bits per heavy atom. The highest BCUT2D eigenvalue weighted by Crippen LogP contribution is 2.39. The van der Waals surface area contributed by atoms with Gasteiger partial charge in [0.15, 0.2) is 0 Å². The number of methoxy groups -OCH3 is 1. The van der Waals surface area contributed by atoms with E-state index in [1.807, 2.05) is 0 Å². The van der Waals surface area contributed by atoms with Crippen molar-refractivity contribution in [2.45, 2.75) is 44.9 Å². The number of amides is 1. The molecule has 2 fully saturated rings. The summed E-state index contributed by atoms with van der Waals surface area (Å²) in [7, 11) is 1.35. The lowest BCUT2D eigenvalue weighted by molar-refractivity contribution is 0.171. The number of rotatable bonds is 1. The number of nitrogens with zero attached hydrogens (tertiary/aromatic N) is 1. The summed E-state index contributed by atoms with van der Waals surface area (Å²) in [4.78, 5) is 10.9. The van der Waals surface area contributed by atoms with E-state index in [1.54, 1.807) is 0 Å². The maximum atomic E-state index is 10.9. The molecule has 2 atom stereocenters. The van der Waals surface area contributed by atoms with Gasteiger partial charge in [-0.25, -0.2) is 10.2 Å². The third-order valence-corrected chi connectivity index (χ3v) is 3.86. The lowest BCUT2D eigenvalue weighted by Crippen LogP contribution is -2.29. The molecule has 0 radical (unpaired) electrons. The summed E-state index contributed by atoms with van der Waals surface area (Å²) in [5.41, 5.74) is 3.56. The molecule has 0 saturated heterocycles. The van der Waals surface area contributed by atoms with Crippen LogP contribution in [-0.4, -0.2) is 18.9 Å². The first-order valence-electron chi connectivity index (χ1n) is 6.19. The number of hydrogen-bond acceptors (Lipinski definition) is 3. The third-order valence-electron chi connectivity index (χ3n) is 3.86. The van der Waals surface area contributed by atoms with Crippen LogP contribution in [0.25, 0.3) is 0 Å². The Kier molecular flexibility index (Phi) is 3.80. The van der Waals surface area contributed by atoms with Gasteiger partial charge in [0.2, 0.25) is 0 Å². The molecule has 0 aromatic carbocycles. The number of nitrogens with one attached hydrogen (secondary N) is 1. The fourth-order valence-corrected chi connectivity index (χ4v) is 2.96. The van der Waals surface area contributed by atoms with E-state index < -0.39 is 6.09 Å². The first kappa shape index (κ1) is 11.4. The Bertz CT molecular complexity index is 289. The van der Waals surface area contributed by atoms with Gasteiger partial charge in [-0.1, -0.05) is 19.3 Å². The van der Waals surface area contributed by atoms with Crippen molar-refractivity contribution < 1.29 is 9.53 Å². The molecule has 1 N–H and O–H groups in total. The van der Waals surface area contributed by atoms with Crippen LogP contribution in [0, 0.1) is 11.8 Å². The van der Waals surface area contributed by atoms with E-state index in [9.17, 15) is 4.79 Å². The molecule has 16 heavy (non-hydrogen) atoms. The third kappa shape index (κ3) is 2.74. The zero-order valence-corrected chi connectivity index (χ0v) is 9.87. The van der Waals surface area contributed by atoms with Gasteiger partial charge in [0.25, 0.3) is 0 Å². The van der Waals surface area contributed by atoms with Gasteiger partial charge < -0.3 is 4.74 Å². The molecule has 0 aliphatic heterocycles. The monoisotopic (exact) mass is 224 g/mol. The van der Waals surface area contributed by atoms with Crippen LogP contribution in [0.2, 0.25) is 0 Å². The summed E-state index contributed by atoms with van der Waals surface area (Å²) >= 11 is 0. The zero-order chi connectivity index (χ0) is 11.4. The van der Waals surface area contributed by atoms with Crippen LogP contribution in [0.3, 0.4) is 0 Å². The summed E-state index contributed by atoms with van der Waals surface area (Å²) in [6.45, 7) is 0. The Morgan fingerprint density at radius 3 is 2.81 bits per heavy atom. The molecule has 1 amide bonds. The van der Waals surface area contributed by atoms with Gasteiger partial charge in [0, 0.05) is 5.71 Å². The average Bonchev–Trinajstić information content (AvgIpc) is 2.35. The summed E-state index contributed by atoms with van der Waals surface area (Å²) in [6.07, 6.45) is 8.35. The predicted molar refractivity (Wildman–Crippen MR) is 62.3 cm³/mol. The largest absolute Gasteiger partial charge is 0.452 e. The fraction of sp³-hybridized carbons (Fsp3) is 0.833. The van der Waals surface area contributed by atoms with Crippen molar-refractivity contribution in [2.75, 3.05) is 7.11 Å². The molecule has 0 spiro atoms. The van der Waals surface area contributed by atoms with Crippen LogP contribution < -0.4 is 5.43 Å². The van der Waals surface area contributed by atoms with E-state index in [0.29, 0.717) is 0 Å². The molecular weight excluding hydrogens is 204 g/mol. The standard InChI is InChI=1S/C12H20N2O2/c1-16-12(15)14-13-11-7-6-9-4-2-3-5-10(9)8-11/h9-10H,2-8H2,1H3,(H,14,15)/b13-11-/t9-,10-/m1/s1. The van der Waals surface area contributed by atoms with Crippen LogP contribution in [-0.2, 0) is 4.74 Å². The number of ether oxygens (including phenoxy) is 1. The predicted octanol–water partition coefficient (Wildman–Crippen LogP) is 2.69. The van der Waals surface area contributed by atoms with Gasteiger partial charge in [0.1, 0.15) is 0 Å². The molecule has 2 saturated carbocycles. The van der Waals surface area contributed by atoms with Gasteiger partial charge in [-0.2, -0.15) is 5.10 Å². The summed E-state index contributed by atoms with van der Waals surface area (Å²) in [5, 5.41) is 4.14. The molecule has 90 valence electrons. The topological polar surface area (TPSA) is 50.7 Å². The Balaban J connectivity index is 1.87. The van der Waals surface area contributed by atoms with E-state index >= 15 is 0 Å². The second kappa shape index (κ2) is 5.32. The molecule has 0 aromatic heterocycles. The second-order valence-corrected chi connectivity index (χ2v) is 4.83. The first-order chi connectivity index (χ1) is 7.79. The van der Waals surface area contributed by atoms with Gasteiger partial charge >= 0.3 is 6.09 Å². The molecule has 2 rings (SSSR count). The highest BCUT2D eigenvalue weighted by Gasteiger charge is 2.30. The SMILES string of the molecule is COC(=O)N/N=C1/CC[C@H]2CCCC[C@@H]2C1. The van der Waals surface area contributed by atoms with Gasteiger partial charge in [-0.05, 0) is 37.5 Å². The van der Waals surface area contributed by atoms with E-state index in [0.717, 1.165) is 30.4 Å². The van der Waals surface area contributed by atoms with Crippen LogP contribution in [0.15, 0.2) is 5.10 Å². The maximum Gasteiger partial charge on any atom is 0.427 e. The van der Waals surface area contributed by atoms with E-state index in [-0.39, 0.29) is 0 Å². The summed E-state index contributed by atoms with van der Waals surface area (Å²) < 4.78 is 4.49. The minimum atomic E-state index is -0.474. The highest BCUT2D eigenvalue weighted by molar-refractivity contribution is 5.86. The van der Waals surface area contributed by atoms with Crippen molar-refractivity contribution in [1.29, 1.82) is 0 Å². The Morgan fingerprint density at radius 2 is 2.06 bits per heavy atom. The van der Waals surface area contributed by atoms with Crippen molar-refractivity contribution in [2.24, 2.45) is 16.9 Å². The molecule has 4 nitrogen and oxygen atoms in total. The van der Waals surface area contributed by atoms with Gasteiger partial charge in [-0.3, -0.25) is 0 Å². The van der Waals surface area contributed by atoms with Crippen LogP contribution in [0.1, 0.15) is 44.9 Å². The molecule has 4 heteroatoms. The number of fused-ring (bicyclic) bond motifs is 1. The second-order valence-electron chi connectivity index (χ2n) is 4.83. The first-order valence-corrected chi connectivity index (χ1v) is 6.19. The Labute approximate surface area is 96.4 Å². The number of hydrazone groups is 1. The van der Waals surface area contributed by atoms with Crippen molar-refractivity contribution in [1.82, 2.24) is 5.43 Å². The maximum absolute atomic E-state index is 10.9. The quantitative estimate of drug-likeness (QED) is 0.696. The minimum absolute atomic E-state index is 0.474. The van der Waals surface area contributed by atoms with Crippen molar-refractivity contribution in [3.05, 3.63) is 0 Å². The fourth-order valence-electron chi connectivity index (χ4n) is 2.96. The average molecular weight is 224 g/mol. The number of carbonyl (C=O) groups excluding carboxylic acids is 1. The molecule has 2 aliphatic carbocycles. The van der Waals surface area contributed by atoms with Crippen molar-refractivity contribution >= 4 is 11.8 Å². The number of hydrogen-bond donors (Lipinski definition) is 1. The normalized spacial score (nSPS) is 31.9. The van der Waals surface area contributed by atoms with E-state index in [1.165, 1.54) is 39.2 Å². The summed E-state index contributed by atoms with van der Waals surface area (Å²) in [6, 6.07) is 0. The summed E-state index contributed by atoms with van der Waals surface area (Å²) in [5.74, 6) is 1.71. The smallest absolute Gasteiger partial charge is 0.427 e. The van der Waals surface area contributed by atoms with Crippen LogP contribution in [0.5, 0.6) is 0 Å². The number of carbonyl (C=O) groups is 1. The molecule has 0 unspecified atom stereocenters. The molecule has 0 heterocycles. The molecule has 2 aliphatic rings. The molecule has 0 bridgehead atoms. The van der Waals surface area contributed by atoms with Crippen molar-refractivity contribution in [3.63, 3.8) is 0 Å². The van der Waals surface area contributed by atoms with E-state index in [2.05, 4.69) is 15.3 Å². The lowest BCUT2D eigenvalue weighted by atomic mass is 9.70. The molecular formula is C12H20N2O2.